The van der Waals surface area contributed by atoms with E-state index in [1.165, 1.54) is 12.1 Å². The van der Waals surface area contributed by atoms with Crippen molar-refractivity contribution in [3.63, 3.8) is 0 Å². The van der Waals surface area contributed by atoms with Crippen molar-refractivity contribution in [2.24, 2.45) is 7.05 Å². The summed E-state index contributed by atoms with van der Waals surface area (Å²) in [6.45, 7) is 0.428. The van der Waals surface area contributed by atoms with E-state index in [0.717, 1.165) is 11.6 Å². The Hall–Kier alpha value is -2.41. The van der Waals surface area contributed by atoms with Crippen LogP contribution in [0.25, 0.3) is 0 Å². The van der Waals surface area contributed by atoms with Crippen molar-refractivity contribution >= 4 is 23.2 Å². The van der Waals surface area contributed by atoms with E-state index in [4.69, 9.17) is 11.6 Å². The third-order valence-electron chi connectivity index (χ3n) is 2.87. The largest absolute Gasteiger partial charge is 0.352 e. The van der Waals surface area contributed by atoms with Crippen LogP contribution >= 0.6 is 11.6 Å². The quantitative estimate of drug-likeness (QED) is 0.675. The molecule has 0 aliphatic rings. The summed E-state index contributed by atoms with van der Waals surface area (Å²) >= 11 is 5.89. The molecule has 21 heavy (non-hydrogen) atoms. The Bertz CT molecular complexity index is 684. The van der Waals surface area contributed by atoms with Crippen LogP contribution in [0.5, 0.6) is 0 Å². The SMILES string of the molecule is Cn1cc(CCNC(=O)c2ccc([N+](=O)[O-])cc2Cl)cn1. The highest BCUT2D eigenvalue weighted by molar-refractivity contribution is 6.34. The van der Waals surface area contributed by atoms with Crippen molar-refractivity contribution in [3.8, 4) is 0 Å². The van der Waals surface area contributed by atoms with Gasteiger partial charge in [-0.2, -0.15) is 5.10 Å². The molecule has 1 N–H and O–H groups in total. The van der Waals surface area contributed by atoms with Gasteiger partial charge in [0.1, 0.15) is 0 Å². The van der Waals surface area contributed by atoms with Gasteiger partial charge >= 0.3 is 0 Å². The van der Waals surface area contributed by atoms with E-state index < -0.39 is 4.92 Å². The number of aromatic nitrogens is 2. The highest BCUT2D eigenvalue weighted by atomic mass is 35.5. The van der Waals surface area contributed by atoms with Crippen molar-refractivity contribution in [2.45, 2.75) is 6.42 Å². The molecule has 2 aromatic rings. The van der Waals surface area contributed by atoms with E-state index in [1.807, 2.05) is 13.2 Å². The van der Waals surface area contributed by atoms with Crippen LogP contribution in [0.15, 0.2) is 30.6 Å². The van der Waals surface area contributed by atoms with Gasteiger partial charge in [0.15, 0.2) is 0 Å². The minimum Gasteiger partial charge on any atom is -0.352 e. The number of nitrogens with one attached hydrogen (secondary N) is 1. The van der Waals surface area contributed by atoms with Gasteiger partial charge in [0.25, 0.3) is 11.6 Å². The third-order valence-corrected chi connectivity index (χ3v) is 3.18. The van der Waals surface area contributed by atoms with Crippen LogP contribution in [0, 0.1) is 10.1 Å². The Kier molecular flexibility index (Phi) is 4.54. The fourth-order valence-electron chi connectivity index (χ4n) is 1.82. The molecule has 7 nitrogen and oxygen atoms in total. The zero-order valence-corrected chi connectivity index (χ0v) is 12.0. The molecule has 0 atom stereocenters. The number of aryl methyl sites for hydroxylation is 1. The third kappa shape index (κ3) is 3.79. The maximum absolute atomic E-state index is 12.0. The predicted molar refractivity (Wildman–Crippen MR) is 77.4 cm³/mol. The zero-order chi connectivity index (χ0) is 15.4. The fraction of sp³-hybridized carbons (Fsp3) is 0.231. The number of nitro groups is 1. The highest BCUT2D eigenvalue weighted by Crippen LogP contribution is 2.22. The van der Waals surface area contributed by atoms with Crippen LogP contribution in [0.2, 0.25) is 5.02 Å². The van der Waals surface area contributed by atoms with E-state index in [0.29, 0.717) is 13.0 Å². The summed E-state index contributed by atoms with van der Waals surface area (Å²) in [6, 6.07) is 3.76. The van der Waals surface area contributed by atoms with Crippen LogP contribution in [-0.4, -0.2) is 27.2 Å². The maximum Gasteiger partial charge on any atom is 0.270 e. The smallest absolute Gasteiger partial charge is 0.270 e. The van der Waals surface area contributed by atoms with Crippen molar-refractivity contribution < 1.29 is 9.72 Å². The lowest BCUT2D eigenvalue weighted by atomic mass is 10.2. The van der Waals surface area contributed by atoms with E-state index in [2.05, 4.69) is 10.4 Å². The summed E-state index contributed by atoms with van der Waals surface area (Å²) in [5.74, 6) is -0.362. The Morgan fingerprint density at radius 1 is 1.52 bits per heavy atom. The molecule has 0 aliphatic carbocycles. The molecule has 0 bridgehead atoms. The standard InChI is InChI=1S/C13H13ClN4O3/c1-17-8-9(7-16-17)4-5-15-13(19)11-3-2-10(18(20)21)6-12(11)14/h2-3,6-8H,4-5H2,1H3,(H,15,19). The molecule has 0 radical (unpaired) electrons. The lowest BCUT2D eigenvalue weighted by molar-refractivity contribution is -0.384. The van der Waals surface area contributed by atoms with Gasteiger partial charge in [-0.1, -0.05) is 11.6 Å². The van der Waals surface area contributed by atoms with Crippen LogP contribution < -0.4 is 5.32 Å². The second-order valence-electron chi connectivity index (χ2n) is 4.45. The molecule has 0 saturated carbocycles. The van der Waals surface area contributed by atoms with Gasteiger partial charge in [-0.15, -0.1) is 0 Å². The first-order valence-electron chi connectivity index (χ1n) is 6.17. The molecule has 0 saturated heterocycles. The molecular formula is C13H13ClN4O3. The summed E-state index contributed by atoms with van der Waals surface area (Å²) in [7, 11) is 1.82. The second-order valence-corrected chi connectivity index (χ2v) is 4.86. The molecule has 0 aliphatic heterocycles. The van der Waals surface area contributed by atoms with Gasteiger partial charge in [-0.25, -0.2) is 0 Å². The molecule has 1 amide bonds. The molecule has 1 aromatic heterocycles. The van der Waals surface area contributed by atoms with Gasteiger partial charge in [0.05, 0.1) is 21.7 Å². The Morgan fingerprint density at radius 2 is 2.29 bits per heavy atom. The number of nitro benzene ring substituents is 1. The topological polar surface area (TPSA) is 90.1 Å². The molecule has 110 valence electrons. The van der Waals surface area contributed by atoms with E-state index in [1.54, 1.807) is 10.9 Å². The summed E-state index contributed by atoms with van der Waals surface area (Å²) in [5.41, 5.74) is 1.08. The first-order valence-corrected chi connectivity index (χ1v) is 6.55. The number of non-ortho nitro benzene ring substituents is 1. The molecule has 2 rings (SSSR count). The average Bonchev–Trinajstić information content (AvgIpc) is 2.84. The first kappa shape index (κ1) is 15.0. The minimum atomic E-state index is -0.560. The van der Waals surface area contributed by atoms with Crippen LogP contribution in [-0.2, 0) is 13.5 Å². The average molecular weight is 309 g/mol. The second kappa shape index (κ2) is 6.36. The van der Waals surface area contributed by atoms with Crippen molar-refractivity contribution in [2.75, 3.05) is 6.54 Å². The normalized spacial score (nSPS) is 10.4. The summed E-state index contributed by atoms with van der Waals surface area (Å²) < 4.78 is 1.68. The van der Waals surface area contributed by atoms with E-state index >= 15 is 0 Å². The van der Waals surface area contributed by atoms with Gasteiger partial charge in [0, 0.05) is 31.9 Å². The number of hydrogen-bond acceptors (Lipinski definition) is 4. The number of carbonyl (C=O) groups is 1. The van der Waals surface area contributed by atoms with E-state index in [-0.39, 0.29) is 22.2 Å². The Labute approximate surface area is 125 Å². The maximum atomic E-state index is 12.0. The molecule has 0 unspecified atom stereocenters. The zero-order valence-electron chi connectivity index (χ0n) is 11.2. The summed E-state index contributed by atoms with van der Waals surface area (Å²) in [6.07, 6.45) is 4.24. The molecule has 0 spiro atoms. The fourth-order valence-corrected chi connectivity index (χ4v) is 2.08. The van der Waals surface area contributed by atoms with Crippen molar-refractivity contribution in [1.29, 1.82) is 0 Å². The molecule has 1 aromatic carbocycles. The van der Waals surface area contributed by atoms with Crippen molar-refractivity contribution in [3.05, 3.63) is 56.9 Å². The number of benzene rings is 1. The Balaban J connectivity index is 1.95. The number of nitrogens with zero attached hydrogens (tertiary/aromatic N) is 3. The van der Waals surface area contributed by atoms with Gasteiger partial charge < -0.3 is 5.32 Å². The molecule has 8 heteroatoms. The molecular weight excluding hydrogens is 296 g/mol. The number of amides is 1. The van der Waals surface area contributed by atoms with Crippen molar-refractivity contribution in [1.82, 2.24) is 15.1 Å². The van der Waals surface area contributed by atoms with Gasteiger partial charge in [-0.3, -0.25) is 19.6 Å². The lowest BCUT2D eigenvalue weighted by Gasteiger charge is -2.06. The first-order chi connectivity index (χ1) is 9.97. The monoisotopic (exact) mass is 308 g/mol. The lowest BCUT2D eigenvalue weighted by Crippen LogP contribution is -2.25. The van der Waals surface area contributed by atoms with E-state index in [9.17, 15) is 14.9 Å². The predicted octanol–water partition coefficient (Wildman–Crippen LogP) is 1.95. The number of carbonyl (C=O) groups excluding carboxylic acids is 1. The number of hydrogen-bond donors (Lipinski definition) is 1. The molecule has 0 fully saturated rings. The van der Waals surface area contributed by atoms with Crippen LogP contribution in [0.4, 0.5) is 5.69 Å². The van der Waals surface area contributed by atoms with Gasteiger partial charge in [0.2, 0.25) is 0 Å². The highest BCUT2D eigenvalue weighted by Gasteiger charge is 2.14. The Morgan fingerprint density at radius 3 is 2.86 bits per heavy atom. The van der Waals surface area contributed by atoms with Crippen LogP contribution in [0.1, 0.15) is 15.9 Å². The minimum absolute atomic E-state index is 0.0584. The number of halogens is 1. The summed E-state index contributed by atoms with van der Waals surface area (Å²) in [4.78, 5) is 22.0. The van der Waals surface area contributed by atoms with Crippen LogP contribution in [0.3, 0.4) is 0 Å². The molecule has 1 heterocycles. The number of rotatable bonds is 5. The summed E-state index contributed by atoms with van der Waals surface area (Å²) in [5, 5.41) is 17.4. The van der Waals surface area contributed by atoms with Gasteiger partial charge in [-0.05, 0) is 18.1 Å².